The molecule has 4 nitrogen and oxygen atoms in total. The summed E-state index contributed by atoms with van der Waals surface area (Å²) in [4.78, 5) is 0.0660. The Hall–Kier alpha value is -1.53. The topological polar surface area (TPSA) is 72.2 Å². The van der Waals surface area contributed by atoms with Crippen LogP contribution in [0.15, 0.2) is 39.7 Å². The van der Waals surface area contributed by atoms with Crippen LogP contribution < -0.4 is 10.5 Å². The molecule has 2 rings (SSSR count). The summed E-state index contributed by atoms with van der Waals surface area (Å²) in [6.07, 6.45) is 0. The van der Waals surface area contributed by atoms with Crippen molar-refractivity contribution in [1.82, 2.24) is 0 Å². The van der Waals surface area contributed by atoms with Crippen LogP contribution in [-0.2, 0) is 10.0 Å². The van der Waals surface area contributed by atoms with Gasteiger partial charge in [-0.3, -0.25) is 4.72 Å². The zero-order valence-electron chi connectivity index (χ0n) is 12.1. The van der Waals surface area contributed by atoms with Crippen LogP contribution in [0.3, 0.4) is 0 Å². The monoisotopic (exact) mass is 368 g/mol. The number of nitrogens with one attached hydrogen (secondary N) is 1. The van der Waals surface area contributed by atoms with Crippen LogP contribution in [0, 0.1) is 20.8 Å². The zero-order chi connectivity index (χ0) is 15.8. The third kappa shape index (κ3) is 3.39. The highest BCUT2D eigenvalue weighted by molar-refractivity contribution is 9.10. The maximum Gasteiger partial charge on any atom is 0.264 e. The lowest BCUT2D eigenvalue weighted by Crippen LogP contribution is -2.16. The minimum Gasteiger partial charge on any atom is -0.398 e. The van der Waals surface area contributed by atoms with Gasteiger partial charge in [-0.25, -0.2) is 8.42 Å². The van der Waals surface area contributed by atoms with Crippen LogP contribution in [0.25, 0.3) is 0 Å². The Morgan fingerprint density at radius 2 is 1.62 bits per heavy atom. The summed E-state index contributed by atoms with van der Waals surface area (Å²) in [6, 6.07) is 8.64. The number of sulfonamides is 1. The number of nitrogens with two attached hydrogens (primary N) is 1. The molecule has 0 saturated heterocycles. The van der Waals surface area contributed by atoms with E-state index in [1.165, 1.54) is 6.07 Å². The molecule has 0 aliphatic rings. The number of rotatable bonds is 3. The molecule has 2 aromatic carbocycles. The average Bonchev–Trinajstić information content (AvgIpc) is 2.36. The molecular weight excluding hydrogens is 352 g/mol. The van der Waals surface area contributed by atoms with E-state index in [-0.39, 0.29) is 10.6 Å². The fourth-order valence-electron chi connectivity index (χ4n) is 2.27. The van der Waals surface area contributed by atoms with Gasteiger partial charge in [0.25, 0.3) is 10.0 Å². The van der Waals surface area contributed by atoms with Crippen LogP contribution in [0.5, 0.6) is 0 Å². The summed E-state index contributed by atoms with van der Waals surface area (Å²) >= 11 is 3.26. The molecule has 0 bridgehead atoms. The van der Waals surface area contributed by atoms with E-state index >= 15 is 0 Å². The second-order valence-electron chi connectivity index (χ2n) is 5.06. The van der Waals surface area contributed by atoms with Gasteiger partial charge in [0.05, 0.1) is 11.4 Å². The summed E-state index contributed by atoms with van der Waals surface area (Å²) in [6.45, 7) is 5.73. The highest BCUT2D eigenvalue weighted by Gasteiger charge is 2.20. The normalized spacial score (nSPS) is 11.4. The smallest absolute Gasteiger partial charge is 0.264 e. The minimum atomic E-state index is -3.73. The van der Waals surface area contributed by atoms with Crippen molar-refractivity contribution in [1.29, 1.82) is 0 Å². The Kier molecular flexibility index (Phi) is 4.30. The summed E-state index contributed by atoms with van der Waals surface area (Å²) < 4.78 is 28.4. The van der Waals surface area contributed by atoms with Crippen molar-refractivity contribution in [2.24, 2.45) is 0 Å². The van der Waals surface area contributed by atoms with Gasteiger partial charge in [0.15, 0.2) is 0 Å². The molecule has 21 heavy (non-hydrogen) atoms. The van der Waals surface area contributed by atoms with Crippen LogP contribution >= 0.6 is 15.9 Å². The molecular formula is C15H17BrN2O2S. The van der Waals surface area contributed by atoms with Gasteiger partial charge in [0.2, 0.25) is 0 Å². The number of benzene rings is 2. The standard InChI is InChI=1S/C15H17BrN2O2S/c1-9-6-10(2)15(11(3)7-9)18-21(19,20)14-8-12(16)4-5-13(14)17/h4-8,18H,17H2,1-3H3. The number of aryl methyl sites for hydroxylation is 3. The number of nitrogen functional groups attached to an aromatic ring is 1. The van der Waals surface area contributed by atoms with E-state index in [2.05, 4.69) is 20.7 Å². The first-order valence-electron chi connectivity index (χ1n) is 6.36. The summed E-state index contributed by atoms with van der Waals surface area (Å²) in [5.41, 5.74) is 9.45. The summed E-state index contributed by atoms with van der Waals surface area (Å²) in [5.74, 6) is 0. The maximum absolute atomic E-state index is 12.6. The van der Waals surface area contributed by atoms with Gasteiger partial charge < -0.3 is 5.73 Å². The molecule has 0 radical (unpaired) electrons. The van der Waals surface area contributed by atoms with Crippen molar-refractivity contribution >= 4 is 37.3 Å². The van der Waals surface area contributed by atoms with Crippen LogP contribution in [-0.4, -0.2) is 8.42 Å². The summed E-state index contributed by atoms with van der Waals surface area (Å²) in [7, 11) is -3.73. The van der Waals surface area contributed by atoms with E-state index in [0.29, 0.717) is 10.2 Å². The number of hydrogen-bond donors (Lipinski definition) is 2. The van der Waals surface area contributed by atoms with E-state index < -0.39 is 10.0 Å². The number of hydrogen-bond acceptors (Lipinski definition) is 3. The van der Waals surface area contributed by atoms with Gasteiger partial charge in [-0.1, -0.05) is 33.6 Å². The predicted octanol–water partition coefficient (Wildman–Crippen LogP) is 3.76. The molecule has 0 unspecified atom stereocenters. The summed E-state index contributed by atoms with van der Waals surface area (Å²) in [5, 5.41) is 0. The van der Waals surface area contributed by atoms with Gasteiger partial charge in [0.1, 0.15) is 4.90 Å². The molecule has 0 aliphatic heterocycles. The predicted molar refractivity (Wildman–Crippen MR) is 90.0 cm³/mol. The van der Waals surface area contributed by atoms with Crippen LogP contribution in [0.1, 0.15) is 16.7 Å². The van der Waals surface area contributed by atoms with Crippen molar-refractivity contribution < 1.29 is 8.42 Å². The third-order valence-corrected chi connectivity index (χ3v) is 5.08. The second-order valence-corrected chi connectivity index (χ2v) is 7.63. The molecule has 0 saturated carbocycles. The van der Waals surface area contributed by atoms with Gasteiger partial charge in [0, 0.05) is 4.47 Å². The molecule has 2 aromatic rings. The molecule has 0 fully saturated rings. The Balaban J connectivity index is 2.50. The van der Waals surface area contributed by atoms with Crippen molar-refractivity contribution in [3.63, 3.8) is 0 Å². The van der Waals surface area contributed by atoms with E-state index in [1.54, 1.807) is 12.1 Å². The van der Waals surface area contributed by atoms with Crippen molar-refractivity contribution in [2.45, 2.75) is 25.7 Å². The molecule has 112 valence electrons. The van der Waals surface area contributed by atoms with E-state index in [0.717, 1.165) is 16.7 Å². The SMILES string of the molecule is Cc1cc(C)c(NS(=O)(=O)c2cc(Br)ccc2N)c(C)c1. The van der Waals surface area contributed by atoms with E-state index in [4.69, 9.17) is 5.73 Å². The lowest BCUT2D eigenvalue weighted by Gasteiger charge is -2.15. The van der Waals surface area contributed by atoms with Gasteiger partial charge in [-0.15, -0.1) is 0 Å². The first kappa shape index (κ1) is 15.9. The van der Waals surface area contributed by atoms with Gasteiger partial charge in [-0.2, -0.15) is 0 Å². The van der Waals surface area contributed by atoms with Crippen LogP contribution in [0.4, 0.5) is 11.4 Å². The molecule has 0 aliphatic carbocycles. The third-order valence-electron chi connectivity index (χ3n) is 3.18. The number of halogens is 1. The molecule has 0 atom stereocenters. The Labute approximate surface area is 133 Å². The fourth-order valence-corrected chi connectivity index (χ4v) is 4.15. The van der Waals surface area contributed by atoms with E-state index in [9.17, 15) is 8.42 Å². The second kappa shape index (κ2) is 5.69. The minimum absolute atomic E-state index is 0.0660. The molecule has 0 heterocycles. The lowest BCUT2D eigenvalue weighted by molar-refractivity contribution is 0.601. The quantitative estimate of drug-likeness (QED) is 0.810. The van der Waals surface area contributed by atoms with Crippen molar-refractivity contribution in [2.75, 3.05) is 10.5 Å². The van der Waals surface area contributed by atoms with Crippen molar-refractivity contribution in [3.05, 3.63) is 51.5 Å². The maximum atomic E-state index is 12.6. The Morgan fingerprint density at radius 3 is 2.19 bits per heavy atom. The molecule has 3 N–H and O–H groups in total. The van der Waals surface area contributed by atoms with Gasteiger partial charge in [-0.05, 0) is 50.1 Å². The van der Waals surface area contributed by atoms with Crippen molar-refractivity contribution in [3.8, 4) is 0 Å². The highest BCUT2D eigenvalue weighted by Crippen LogP contribution is 2.28. The Morgan fingerprint density at radius 1 is 1.05 bits per heavy atom. The fraction of sp³-hybridized carbons (Fsp3) is 0.200. The number of anilines is 2. The molecule has 0 spiro atoms. The lowest BCUT2D eigenvalue weighted by atomic mass is 10.1. The van der Waals surface area contributed by atoms with E-state index in [1.807, 2.05) is 32.9 Å². The highest BCUT2D eigenvalue weighted by atomic mass is 79.9. The first-order chi connectivity index (χ1) is 9.70. The zero-order valence-corrected chi connectivity index (χ0v) is 14.5. The Bertz CT molecular complexity index is 778. The molecule has 0 amide bonds. The van der Waals surface area contributed by atoms with Crippen LogP contribution in [0.2, 0.25) is 0 Å². The first-order valence-corrected chi connectivity index (χ1v) is 8.64. The molecule has 0 aromatic heterocycles. The average molecular weight is 369 g/mol. The van der Waals surface area contributed by atoms with Gasteiger partial charge >= 0.3 is 0 Å². The molecule has 6 heteroatoms. The largest absolute Gasteiger partial charge is 0.398 e.